The van der Waals surface area contributed by atoms with E-state index in [4.69, 9.17) is 0 Å². The fourth-order valence-corrected chi connectivity index (χ4v) is 4.00. The molecular weight excluding hydrogens is 324 g/mol. The number of carbonyl (C=O) groups is 2. The van der Waals surface area contributed by atoms with Gasteiger partial charge in [0.15, 0.2) is 11.6 Å². The summed E-state index contributed by atoms with van der Waals surface area (Å²) in [5.74, 6) is 1.14. The van der Waals surface area contributed by atoms with Crippen molar-refractivity contribution in [2.75, 3.05) is 26.2 Å². The molecular formula is C22H36N2O2. The lowest BCUT2D eigenvalue weighted by Gasteiger charge is -2.33. The highest BCUT2D eigenvalue weighted by Gasteiger charge is 2.23. The Morgan fingerprint density at radius 3 is 2.77 bits per heavy atom. The molecule has 0 radical (unpaired) electrons. The van der Waals surface area contributed by atoms with Gasteiger partial charge in [-0.2, -0.15) is 0 Å². The molecule has 2 fully saturated rings. The van der Waals surface area contributed by atoms with Crippen molar-refractivity contribution < 1.29 is 9.59 Å². The van der Waals surface area contributed by atoms with Crippen LogP contribution in [0, 0.1) is 11.8 Å². The van der Waals surface area contributed by atoms with Crippen LogP contribution in [0.2, 0.25) is 0 Å². The van der Waals surface area contributed by atoms with Crippen molar-refractivity contribution in [3.63, 3.8) is 0 Å². The second kappa shape index (κ2) is 11.5. The number of rotatable bonds is 9. The predicted molar refractivity (Wildman–Crippen MR) is 107 cm³/mol. The van der Waals surface area contributed by atoms with Crippen LogP contribution in [0.15, 0.2) is 24.3 Å². The van der Waals surface area contributed by atoms with Gasteiger partial charge < -0.3 is 5.32 Å². The van der Waals surface area contributed by atoms with Crippen LogP contribution in [0.25, 0.3) is 0 Å². The van der Waals surface area contributed by atoms with E-state index in [1.807, 2.05) is 19.1 Å². The molecule has 1 N–H and O–H groups in total. The van der Waals surface area contributed by atoms with Crippen LogP contribution in [0.1, 0.15) is 58.8 Å². The van der Waals surface area contributed by atoms with Gasteiger partial charge in [-0.1, -0.05) is 32.4 Å². The Labute approximate surface area is 159 Å². The Morgan fingerprint density at radius 1 is 1.19 bits per heavy atom. The SMILES string of the molecule is CCC(=O)/C=C/CN1CCCC(CC(C)C(=O)/C=C/C2CCCCN2)C1. The third-order valence-electron chi connectivity index (χ3n) is 5.63. The highest BCUT2D eigenvalue weighted by Crippen LogP contribution is 2.24. The molecule has 4 nitrogen and oxygen atoms in total. The van der Waals surface area contributed by atoms with Gasteiger partial charge in [0.1, 0.15) is 0 Å². The molecule has 0 aromatic rings. The maximum atomic E-state index is 12.4. The van der Waals surface area contributed by atoms with Crippen molar-refractivity contribution >= 4 is 11.6 Å². The summed E-state index contributed by atoms with van der Waals surface area (Å²) in [4.78, 5) is 26.2. The van der Waals surface area contributed by atoms with Gasteiger partial charge in [-0.25, -0.2) is 0 Å². The molecule has 0 saturated carbocycles. The van der Waals surface area contributed by atoms with Gasteiger partial charge in [-0.05, 0) is 63.3 Å². The number of piperidine rings is 2. The first-order chi connectivity index (χ1) is 12.6. The highest BCUT2D eigenvalue weighted by atomic mass is 16.1. The molecule has 3 atom stereocenters. The van der Waals surface area contributed by atoms with E-state index < -0.39 is 0 Å². The van der Waals surface area contributed by atoms with E-state index in [0.29, 0.717) is 18.4 Å². The topological polar surface area (TPSA) is 49.4 Å². The average molecular weight is 361 g/mol. The van der Waals surface area contributed by atoms with E-state index in [0.717, 1.165) is 39.0 Å². The lowest BCUT2D eigenvalue weighted by molar-refractivity contribution is -0.118. The van der Waals surface area contributed by atoms with Crippen LogP contribution in [-0.4, -0.2) is 48.7 Å². The van der Waals surface area contributed by atoms with E-state index in [1.165, 1.54) is 25.7 Å². The number of hydrogen-bond acceptors (Lipinski definition) is 4. The first-order valence-electron chi connectivity index (χ1n) is 10.5. The summed E-state index contributed by atoms with van der Waals surface area (Å²) in [5, 5.41) is 3.46. The van der Waals surface area contributed by atoms with Crippen molar-refractivity contribution in [1.29, 1.82) is 0 Å². The van der Waals surface area contributed by atoms with Gasteiger partial charge >= 0.3 is 0 Å². The van der Waals surface area contributed by atoms with E-state index in [9.17, 15) is 9.59 Å². The van der Waals surface area contributed by atoms with Crippen molar-refractivity contribution in [1.82, 2.24) is 10.2 Å². The lowest BCUT2D eigenvalue weighted by Crippen LogP contribution is -2.36. The van der Waals surface area contributed by atoms with Gasteiger partial charge in [-0.15, -0.1) is 0 Å². The lowest BCUT2D eigenvalue weighted by atomic mass is 9.87. The summed E-state index contributed by atoms with van der Waals surface area (Å²) >= 11 is 0. The Kier molecular flexibility index (Phi) is 9.27. The fourth-order valence-electron chi connectivity index (χ4n) is 4.00. The van der Waals surface area contributed by atoms with Crippen LogP contribution in [0.4, 0.5) is 0 Å². The summed E-state index contributed by atoms with van der Waals surface area (Å²) in [5.41, 5.74) is 0. The molecule has 2 aliphatic heterocycles. The summed E-state index contributed by atoms with van der Waals surface area (Å²) in [6.07, 6.45) is 15.2. The molecule has 146 valence electrons. The Balaban J connectivity index is 1.73. The number of nitrogens with one attached hydrogen (secondary N) is 1. The monoisotopic (exact) mass is 360 g/mol. The van der Waals surface area contributed by atoms with Crippen LogP contribution < -0.4 is 5.32 Å². The normalized spacial score (nSPS) is 26.4. The summed E-state index contributed by atoms with van der Waals surface area (Å²) in [6.45, 7) is 8.00. The molecule has 2 saturated heterocycles. The van der Waals surface area contributed by atoms with Crippen LogP contribution >= 0.6 is 0 Å². The quantitative estimate of drug-likeness (QED) is 0.639. The molecule has 2 heterocycles. The molecule has 4 heteroatoms. The van der Waals surface area contributed by atoms with E-state index in [-0.39, 0.29) is 17.5 Å². The molecule has 26 heavy (non-hydrogen) atoms. The van der Waals surface area contributed by atoms with Gasteiger partial charge in [0.25, 0.3) is 0 Å². The number of likely N-dealkylation sites (tertiary alicyclic amines) is 1. The number of nitrogens with zero attached hydrogens (tertiary/aromatic N) is 1. The minimum absolute atomic E-state index is 0.0944. The second-order valence-corrected chi connectivity index (χ2v) is 7.94. The van der Waals surface area contributed by atoms with Crippen molar-refractivity contribution in [2.24, 2.45) is 11.8 Å². The zero-order chi connectivity index (χ0) is 18.8. The molecule has 3 unspecified atom stereocenters. The summed E-state index contributed by atoms with van der Waals surface area (Å²) in [7, 11) is 0. The maximum Gasteiger partial charge on any atom is 0.158 e. The third kappa shape index (κ3) is 7.55. The first kappa shape index (κ1) is 21.0. The Hall–Kier alpha value is -1.26. The van der Waals surface area contributed by atoms with Gasteiger partial charge in [0, 0.05) is 31.5 Å². The zero-order valence-electron chi connectivity index (χ0n) is 16.6. The van der Waals surface area contributed by atoms with Gasteiger partial charge in [0.05, 0.1) is 0 Å². The molecule has 0 bridgehead atoms. The van der Waals surface area contributed by atoms with Gasteiger partial charge in [-0.3, -0.25) is 14.5 Å². The smallest absolute Gasteiger partial charge is 0.158 e. The maximum absolute atomic E-state index is 12.4. The third-order valence-corrected chi connectivity index (χ3v) is 5.63. The molecule has 0 aromatic heterocycles. The van der Waals surface area contributed by atoms with Crippen LogP contribution in [0.3, 0.4) is 0 Å². The van der Waals surface area contributed by atoms with Crippen molar-refractivity contribution in [3.8, 4) is 0 Å². The largest absolute Gasteiger partial charge is 0.311 e. The number of allylic oxidation sites excluding steroid dienone is 2. The van der Waals surface area contributed by atoms with Crippen LogP contribution in [-0.2, 0) is 9.59 Å². The first-order valence-corrected chi connectivity index (χ1v) is 10.5. The van der Waals surface area contributed by atoms with E-state index >= 15 is 0 Å². The molecule has 2 rings (SSSR count). The number of carbonyl (C=O) groups excluding carboxylic acids is 2. The standard InChI is InChI=1S/C22H36N2O2/c1-3-21(25)10-7-15-24-14-6-8-19(17-24)16-18(2)22(26)12-11-20-9-4-5-13-23-20/h7,10-12,18-20,23H,3-6,8-9,13-17H2,1-2H3/b10-7+,12-11+. The summed E-state index contributed by atoms with van der Waals surface area (Å²) in [6, 6.07) is 0.377. The highest BCUT2D eigenvalue weighted by molar-refractivity contribution is 5.91. The Bertz CT molecular complexity index is 506. The molecule has 0 aliphatic carbocycles. The Morgan fingerprint density at radius 2 is 2.04 bits per heavy atom. The second-order valence-electron chi connectivity index (χ2n) is 7.94. The molecule has 0 aromatic carbocycles. The van der Waals surface area contributed by atoms with Gasteiger partial charge in [0.2, 0.25) is 0 Å². The van der Waals surface area contributed by atoms with Crippen molar-refractivity contribution in [3.05, 3.63) is 24.3 Å². The molecule has 0 amide bonds. The average Bonchev–Trinajstić information content (AvgIpc) is 2.67. The molecule has 2 aliphatic rings. The number of ketones is 2. The van der Waals surface area contributed by atoms with E-state index in [2.05, 4.69) is 23.2 Å². The minimum Gasteiger partial charge on any atom is -0.311 e. The minimum atomic E-state index is 0.0944. The predicted octanol–water partition coefficient (Wildman–Crippen LogP) is 3.53. The molecule has 0 spiro atoms. The van der Waals surface area contributed by atoms with E-state index in [1.54, 1.807) is 6.08 Å². The summed E-state index contributed by atoms with van der Waals surface area (Å²) < 4.78 is 0. The fraction of sp³-hybridized carbons (Fsp3) is 0.727. The van der Waals surface area contributed by atoms with Crippen LogP contribution in [0.5, 0.6) is 0 Å². The van der Waals surface area contributed by atoms with Crippen molar-refractivity contribution in [2.45, 2.75) is 64.8 Å². The number of hydrogen-bond donors (Lipinski definition) is 1. The zero-order valence-corrected chi connectivity index (χ0v) is 16.6.